The van der Waals surface area contributed by atoms with E-state index in [1.54, 1.807) is 12.1 Å². The van der Waals surface area contributed by atoms with E-state index in [0.29, 0.717) is 10.0 Å². The van der Waals surface area contributed by atoms with Gasteiger partial charge in [-0.3, -0.25) is 0 Å². The SMILES string of the molecule is Clc1cccc2c(Cl)cc[c]c12. The van der Waals surface area contributed by atoms with E-state index in [-0.39, 0.29) is 0 Å². The second kappa shape index (κ2) is 2.96. The van der Waals surface area contributed by atoms with Crippen LogP contribution in [0.15, 0.2) is 30.3 Å². The Morgan fingerprint density at radius 1 is 1.00 bits per heavy atom. The lowest BCUT2D eigenvalue weighted by Gasteiger charge is -2.00. The zero-order valence-corrected chi connectivity index (χ0v) is 7.65. The van der Waals surface area contributed by atoms with Crippen LogP contribution in [-0.2, 0) is 0 Å². The van der Waals surface area contributed by atoms with Gasteiger partial charge in [-0.25, -0.2) is 0 Å². The summed E-state index contributed by atoms with van der Waals surface area (Å²) in [6.45, 7) is 0. The molecule has 12 heavy (non-hydrogen) atoms. The molecule has 0 heterocycles. The lowest BCUT2D eigenvalue weighted by Crippen LogP contribution is -1.74. The molecule has 2 rings (SSSR count). The van der Waals surface area contributed by atoms with Crippen molar-refractivity contribution in [1.82, 2.24) is 0 Å². The van der Waals surface area contributed by atoms with E-state index >= 15 is 0 Å². The number of rotatable bonds is 0. The van der Waals surface area contributed by atoms with Gasteiger partial charge in [0.15, 0.2) is 0 Å². The molecule has 0 aliphatic rings. The third-order valence-electron chi connectivity index (χ3n) is 1.73. The summed E-state index contributed by atoms with van der Waals surface area (Å²) in [4.78, 5) is 0. The highest BCUT2D eigenvalue weighted by Gasteiger charge is 2.00. The topological polar surface area (TPSA) is 0 Å². The summed E-state index contributed by atoms with van der Waals surface area (Å²) in [5, 5.41) is 3.24. The monoisotopic (exact) mass is 195 g/mol. The van der Waals surface area contributed by atoms with Crippen LogP contribution in [0.1, 0.15) is 0 Å². The predicted octanol–water partition coefficient (Wildman–Crippen LogP) is 3.95. The molecule has 0 fully saturated rings. The van der Waals surface area contributed by atoms with Crippen LogP contribution in [0, 0.1) is 6.07 Å². The van der Waals surface area contributed by atoms with Gasteiger partial charge < -0.3 is 0 Å². The minimum atomic E-state index is 0.690. The van der Waals surface area contributed by atoms with E-state index in [9.17, 15) is 0 Å². The maximum atomic E-state index is 5.95. The van der Waals surface area contributed by atoms with Crippen LogP contribution in [0.25, 0.3) is 10.8 Å². The fourth-order valence-corrected chi connectivity index (χ4v) is 1.61. The van der Waals surface area contributed by atoms with Gasteiger partial charge in [-0.2, -0.15) is 0 Å². The average molecular weight is 196 g/mol. The Balaban J connectivity index is 2.94. The molecule has 0 spiro atoms. The molecule has 0 aromatic heterocycles. The Morgan fingerprint density at radius 2 is 1.83 bits per heavy atom. The molecular weight excluding hydrogens is 191 g/mol. The molecule has 0 atom stereocenters. The summed E-state index contributed by atoms with van der Waals surface area (Å²) in [6.07, 6.45) is 0. The van der Waals surface area contributed by atoms with Crippen LogP contribution in [0.2, 0.25) is 10.0 Å². The summed E-state index contributed by atoms with van der Waals surface area (Å²) >= 11 is 11.9. The molecule has 0 unspecified atom stereocenters. The minimum Gasteiger partial charge on any atom is -0.0837 e. The zero-order chi connectivity index (χ0) is 8.55. The van der Waals surface area contributed by atoms with Gasteiger partial charge in [0.1, 0.15) is 0 Å². The van der Waals surface area contributed by atoms with Crippen molar-refractivity contribution in [3.63, 3.8) is 0 Å². The Hall–Kier alpha value is -0.720. The van der Waals surface area contributed by atoms with Crippen LogP contribution >= 0.6 is 23.2 Å². The fourth-order valence-electron chi connectivity index (χ4n) is 1.16. The Labute approximate surface area is 80.7 Å². The molecule has 2 aromatic rings. The van der Waals surface area contributed by atoms with Gasteiger partial charge in [-0.1, -0.05) is 41.4 Å². The third kappa shape index (κ3) is 1.17. The molecular formula is C10H5Cl2. The number of halogens is 2. The van der Waals surface area contributed by atoms with Crippen molar-refractivity contribution in [1.29, 1.82) is 0 Å². The molecule has 0 nitrogen and oxygen atoms in total. The standard InChI is InChI=1S/C10H5Cl2/c11-9-5-1-3-7-8(9)4-2-6-10(7)12/h1-3,5-6H. The van der Waals surface area contributed by atoms with Gasteiger partial charge in [0.05, 0.1) is 0 Å². The maximum Gasteiger partial charge on any atom is 0.0491 e. The smallest absolute Gasteiger partial charge is 0.0491 e. The molecule has 0 N–H and O–H groups in total. The highest BCUT2D eigenvalue weighted by molar-refractivity contribution is 6.39. The van der Waals surface area contributed by atoms with Gasteiger partial charge in [0.2, 0.25) is 0 Å². The van der Waals surface area contributed by atoms with Crippen LogP contribution in [-0.4, -0.2) is 0 Å². The average Bonchev–Trinajstić information content (AvgIpc) is 2.07. The Bertz CT molecular complexity index is 380. The fraction of sp³-hybridized carbons (Fsp3) is 0. The number of benzene rings is 2. The summed E-state index contributed by atoms with van der Waals surface area (Å²) in [5.41, 5.74) is 0. The van der Waals surface area contributed by atoms with E-state index in [1.807, 2.05) is 18.2 Å². The summed E-state index contributed by atoms with van der Waals surface area (Å²) in [5.74, 6) is 0. The summed E-state index contributed by atoms with van der Waals surface area (Å²) < 4.78 is 0. The van der Waals surface area contributed by atoms with Gasteiger partial charge >= 0.3 is 0 Å². The lowest BCUT2D eigenvalue weighted by molar-refractivity contribution is 1.73. The Kier molecular flexibility index (Phi) is 1.95. The van der Waals surface area contributed by atoms with Crippen LogP contribution in [0.4, 0.5) is 0 Å². The molecule has 0 aliphatic carbocycles. The van der Waals surface area contributed by atoms with E-state index < -0.39 is 0 Å². The third-order valence-corrected chi connectivity index (χ3v) is 2.37. The predicted molar refractivity (Wildman–Crippen MR) is 52.8 cm³/mol. The first-order valence-electron chi connectivity index (χ1n) is 3.53. The molecule has 0 saturated carbocycles. The molecule has 0 amide bonds. The highest BCUT2D eigenvalue weighted by atomic mass is 35.5. The normalized spacial score (nSPS) is 10.5. The van der Waals surface area contributed by atoms with Crippen molar-refractivity contribution in [3.8, 4) is 0 Å². The van der Waals surface area contributed by atoms with Crippen molar-refractivity contribution in [3.05, 3.63) is 46.4 Å². The summed E-state index contributed by atoms with van der Waals surface area (Å²) in [6, 6.07) is 12.3. The van der Waals surface area contributed by atoms with Crippen molar-refractivity contribution >= 4 is 34.0 Å². The first-order valence-corrected chi connectivity index (χ1v) is 4.29. The van der Waals surface area contributed by atoms with Crippen molar-refractivity contribution < 1.29 is 0 Å². The molecule has 2 heteroatoms. The number of hydrogen-bond donors (Lipinski definition) is 0. The second-order valence-corrected chi connectivity index (χ2v) is 3.30. The maximum absolute atomic E-state index is 5.95. The summed E-state index contributed by atoms with van der Waals surface area (Å²) in [7, 11) is 0. The molecule has 0 saturated heterocycles. The molecule has 59 valence electrons. The quantitative estimate of drug-likeness (QED) is 0.598. The minimum absolute atomic E-state index is 0.690. The van der Waals surface area contributed by atoms with Crippen LogP contribution in [0.3, 0.4) is 0 Å². The van der Waals surface area contributed by atoms with E-state index in [4.69, 9.17) is 23.2 Å². The van der Waals surface area contributed by atoms with Gasteiger partial charge in [0, 0.05) is 20.8 Å². The van der Waals surface area contributed by atoms with Crippen molar-refractivity contribution in [2.45, 2.75) is 0 Å². The lowest BCUT2D eigenvalue weighted by atomic mass is 10.1. The second-order valence-electron chi connectivity index (χ2n) is 2.49. The first-order chi connectivity index (χ1) is 5.79. The van der Waals surface area contributed by atoms with Crippen LogP contribution in [0.5, 0.6) is 0 Å². The highest BCUT2D eigenvalue weighted by Crippen LogP contribution is 2.27. The van der Waals surface area contributed by atoms with Crippen LogP contribution < -0.4 is 0 Å². The zero-order valence-electron chi connectivity index (χ0n) is 6.14. The van der Waals surface area contributed by atoms with Gasteiger partial charge in [0.25, 0.3) is 0 Å². The number of hydrogen-bond acceptors (Lipinski definition) is 0. The number of fused-ring (bicyclic) bond motifs is 1. The van der Waals surface area contributed by atoms with E-state index in [1.165, 1.54) is 0 Å². The molecule has 0 bridgehead atoms. The molecule has 0 aliphatic heterocycles. The largest absolute Gasteiger partial charge is 0.0837 e. The van der Waals surface area contributed by atoms with E-state index in [0.717, 1.165) is 10.8 Å². The van der Waals surface area contributed by atoms with Crippen molar-refractivity contribution in [2.24, 2.45) is 0 Å². The molecule has 2 aromatic carbocycles. The van der Waals surface area contributed by atoms with Gasteiger partial charge in [-0.05, 0) is 18.2 Å². The Morgan fingerprint density at radius 3 is 2.58 bits per heavy atom. The van der Waals surface area contributed by atoms with Crippen molar-refractivity contribution in [2.75, 3.05) is 0 Å². The van der Waals surface area contributed by atoms with E-state index in [2.05, 4.69) is 6.07 Å². The van der Waals surface area contributed by atoms with Gasteiger partial charge in [-0.15, -0.1) is 0 Å². The molecule has 1 radical (unpaired) electrons. The first kappa shape index (κ1) is 7.90.